The number of amides is 1. The van der Waals surface area contributed by atoms with Crippen molar-refractivity contribution in [1.82, 2.24) is 4.98 Å². The van der Waals surface area contributed by atoms with Crippen molar-refractivity contribution in [2.45, 2.75) is 20.3 Å². The van der Waals surface area contributed by atoms with E-state index in [9.17, 15) is 4.79 Å². The topological polar surface area (TPSA) is 54.0 Å². The van der Waals surface area contributed by atoms with E-state index in [2.05, 4.69) is 22.5 Å². The maximum absolute atomic E-state index is 12.3. The lowest BCUT2D eigenvalue weighted by molar-refractivity contribution is 0.102. The van der Waals surface area contributed by atoms with Gasteiger partial charge in [-0.1, -0.05) is 25.1 Å². The lowest BCUT2D eigenvalue weighted by atomic mass is 10.1. The second kappa shape index (κ2) is 6.19. The van der Waals surface area contributed by atoms with Gasteiger partial charge in [0.2, 0.25) is 0 Å². The number of carbonyl (C=O) groups is 1. The van der Waals surface area contributed by atoms with Crippen LogP contribution in [0.4, 0.5) is 11.5 Å². The fraction of sp³-hybridized carbons (Fsp3) is 0.250. The van der Waals surface area contributed by atoms with Crippen LogP contribution in [0.15, 0.2) is 36.5 Å². The number of pyridine rings is 1. The molecule has 0 spiro atoms. The number of hydrogen-bond donors (Lipinski definition) is 2. The van der Waals surface area contributed by atoms with Gasteiger partial charge in [0, 0.05) is 18.9 Å². The van der Waals surface area contributed by atoms with Crippen LogP contribution in [0.25, 0.3) is 0 Å². The summed E-state index contributed by atoms with van der Waals surface area (Å²) in [5.74, 6) is 0.607. The summed E-state index contributed by atoms with van der Waals surface area (Å²) in [6.45, 7) is 4.07. The minimum absolute atomic E-state index is 0.135. The Labute approximate surface area is 119 Å². The van der Waals surface area contributed by atoms with Crippen LogP contribution in [0.3, 0.4) is 0 Å². The quantitative estimate of drug-likeness (QED) is 0.895. The minimum Gasteiger partial charge on any atom is -0.373 e. The minimum atomic E-state index is -0.135. The van der Waals surface area contributed by atoms with Gasteiger partial charge in [0.1, 0.15) is 5.82 Å². The monoisotopic (exact) mass is 269 g/mol. The van der Waals surface area contributed by atoms with Gasteiger partial charge in [-0.05, 0) is 36.6 Å². The average Bonchev–Trinajstić information content (AvgIpc) is 2.49. The molecule has 2 aromatic rings. The normalized spacial score (nSPS) is 10.2. The Bertz CT molecular complexity index is 606. The summed E-state index contributed by atoms with van der Waals surface area (Å²) < 4.78 is 0. The van der Waals surface area contributed by atoms with Gasteiger partial charge in [-0.2, -0.15) is 0 Å². The first-order chi connectivity index (χ1) is 9.65. The molecule has 0 aliphatic rings. The molecule has 0 saturated heterocycles. The Balaban J connectivity index is 2.23. The molecule has 104 valence electrons. The van der Waals surface area contributed by atoms with Crippen molar-refractivity contribution in [2.24, 2.45) is 0 Å². The fourth-order valence-electron chi connectivity index (χ4n) is 2.06. The van der Waals surface area contributed by atoms with Crippen molar-refractivity contribution in [3.8, 4) is 0 Å². The Morgan fingerprint density at radius 3 is 2.65 bits per heavy atom. The van der Waals surface area contributed by atoms with Gasteiger partial charge in [0.25, 0.3) is 5.91 Å². The number of aromatic nitrogens is 1. The molecule has 1 aromatic heterocycles. The fourth-order valence-corrected chi connectivity index (χ4v) is 2.06. The average molecular weight is 269 g/mol. The third-order valence-electron chi connectivity index (χ3n) is 3.26. The number of anilines is 2. The molecule has 1 amide bonds. The third kappa shape index (κ3) is 2.96. The highest BCUT2D eigenvalue weighted by Gasteiger charge is 2.10. The van der Waals surface area contributed by atoms with Crippen LogP contribution in [0, 0.1) is 6.92 Å². The second-order valence-corrected chi connectivity index (χ2v) is 4.60. The molecule has 0 aliphatic carbocycles. The zero-order valence-corrected chi connectivity index (χ0v) is 12.0. The van der Waals surface area contributed by atoms with Gasteiger partial charge < -0.3 is 10.6 Å². The number of nitrogens with zero attached hydrogens (tertiary/aromatic N) is 1. The van der Waals surface area contributed by atoms with Crippen LogP contribution in [-0.2, 0) is 6.42 Å². The number of para-hydroxylation sites is 1. The van der Waals surface area contributed by atoms with E-state index in [1.165, 1.54) is 0 Å². The van der Waals surface area contributed by atoms with Crippen molar-refractivity contribution in [1.29, 1.82) is 0 Å². The van der Waals surface area contributed by atoms with E-state index in [4.69, 9.17) is 0 Å². The van der Waals surface area contributed by atoms with Crippen LogP contribution < -0.4 is 10.6 Å². The predicted octanol–water partition coefficient (Wildman–Crippen LogP) is 3.25. The molecule has 4 nitrogen and oxygen atoms in total. The summed E-state index contributed by atoms with van der Waals surface area (Å²) >= 11 is 0. The van der Waals surface area contributed by atoms with E-state index >= 15 is 0 Å². The number of hydrogen-bond acceptors (Lipinski definition) is 3. The SMILES string of the molecule is CCc1cccc(C)c1NC(=O)c1ccc(NC)nc1. The van der Waals surface area contributed by atoms with Gasteiger partial charge in [0.15, 0.2) is 0 Å². The van der Waals surface area contributed by atoms with Crippen molar-refractivity contribution >= 4 is 17.4 Å². The molecule has 0 fully saturated rings. The molecule has 1 aromatic carbocycles. The third-order valence-corrected chi connectivity index (χ3v) is 3.26. The molecule has 1 heterocycles. The Morgan fingerprint density at radius 1 is 1.25 bits per heavy atom. The van der Waals surface area contributed by atoms with E-state index in [1.54, 1.807) is 25.4 Å². The van der Waals surface area contributed by atoms with E-state index in [-0.39, 0.29) is 5.91 Å². The summed E-state index contributed by atoms with van der Waals surface area (Å²) in [4.78, 5) is 16.4. The molecule has 4 heteroatoms. The van der Waals surface area contributed by atoms with Crippen LogP contribution in [-0.4, -0.2) is 17.9 Å². The lowest BCUT2D eigenvalue weighted by Crippen LogP contribution is -2.14. The number of benzene rings is 1. The Hall–Kier alpha value is -2.36. The molecule has 0 bridgehead atoms. The highest BCUT2D eigenvalue weighted by molar-refractivity contribution is 6.05. The highest BCUT2D eigenvalue weighted by Crippen LogP contribution is 2.21. The molecular weight excluding hydrogens is 250 g/mol. The summed E-state index contributed by atoms with van der Waals surface area (Å²) in [6.07, 6.45) is 2.46. The van der Waals surface area contributed by atoms with Crippen molar-refractivity contribution in [3.05, 3.63) is 53.2 Å². The van der Waals surface area contributed by atoms with Crippen molar-refractivity contribution in [3.63, 3.8) is 0 Å². The Morgan fingerprint density at radius 2 is 2.05 bits per heavy atom. The zero-order valence-electron chi connectivity index (χ0n) is 12.0. The second-order valence-electron chi connectivity index (χ2n) is 4.60. The van der Waals surface area contributed by atoms with Gasteiger partial charge in [-0.3, -0.25) is 4.79 Å². The number of nitrogens with one attached hydrogen (secondary N) is 2. The molecule has 20 heavy (non-hydrogen) atoms. The zero-order chi connectivity index (χ0) is 14.5. The maximum atomic E-state index is 12.3. The molecule has 0 aliphatic heterocycles. The van der Waals surface area contributed by atoms with Crippen LogP contribution in [0.1, 0.15) is 28.4 Å². The number of aryl methyl sites for hydroxylation is 2. The van der Waals surface area contributed by atoms with Crippen LogP contribution in [0.5, 0.6) is 0 Å². The summed E-state index contributed by atoms with van der Waals surface area (Å²) in [5.41, 5.74) is 3.66. The maximum Gasteiger partial charge on any atom is 0.257 e. The van der Waals surface area contributed by atoms with Gasteiger partial charge in [-0.25, -0.2) is 4.98 Å². The molecular formula is C16H19N3O. The number of rotatable bonds is 4. The van der Waals surface area contributed by atoms with E-state index in [1.807, 2.05) is 25.1 Å². The first-order valence-corrected chi connectivity index (χ1v) is 6.69. The van der Waals surface area contributed by atoms with E-state index in [0.717, 1.165) is 29.1 Å². The Kier molecular flexibility index (Phi) is 4.35. The molecule has 2 N–H and O–H groups in total. The van der Waals surface area contributed by atoms with E-state index < -0.39 is 0 Å². The first-order valence-electron chi connectivity index (χ1n) is 6.69. The predicted molar refractivity (Wildman–Crippen MR) is 82.3 cm³/mol. The van der Waals surface area contributed by atoms with Crippen molar-refractivity contribution < 1.29 is 4.79 Å². The van der Waals surface area contributed by atoms with Gasteiger partial charge in [0.05, 0.1) is 5.56 Å². The largest absolute Gasteiger partial charge is 0.373 e. The molecule has 0 radical (unpaired) electrons. The van der Waals surface area contributed by atoms with Gasteiger partial charge >= 0.3 is 0 Å². The summed E-state index contributed by atoms with van der Waals surface area (Å²) in [7, 11) is 1.79. The summed E-state index contributed by atoms with van der Waals surface area (Å²) in [6, 6.07) is 9.58. The standard InChI is InChI=1S/C16H19N3O/c1-4-12-7-5-6-11(2)15(12)19-16(20)13-8-9-14(17-3)18-10-13/h5-10H,4H2,1-3H3,(H,17,18)(H,19,20). The highest BCUT2D eigenvalue weighted by atomic mass is 16.1. The summed E-state index contributed by atoms with van der Waals surface area (Å²) in [5, 5.41) is 5.91. The first kappa shape index (κ1) is 14.1. The van der Waals surface area contributed by atoms with Crippen LogP contribution in [0.2, 0.25) is 0 Å². The molecule has 0 atom stereocenters. The lowest BCUT2D eigenvalue weighted by Gasteiger charge is -2.13. The smallest absolute Gasteiger partial charge is 0.257 e. The van der Waals surface area contributed by atoms with Crippen LogP contribution >= 0.6 is 0 Å². The van der Waals surface area contributed by atoms with Gasteiger partial charge in [-0.15, -0.1) is 0 Å². The molecule has 2 rings (SSSR count). The van der Waals surface area contributed by atoms with E-state index in [0.29, 0.717) is 5.56 Å². The molecule has 0 unspecified atom stereocenters. The van der Waals surface area contributed by atoms with Crippen molar-refractivity contribution in [2.75, 3.05) is 17.7 Å². The molecule has 0 saturated carbocycles. The number of carbonyl (C=O) groups excluding carboxylic acids is 1.